The third-order valence-corrected chi connectivity index (χ3v) is 2.96. The number of nitrogens with one attached hydrogen (secondary N) is 1. The van der Waals surface area contributed by atoms with E-state index in [0.717, 1.165) is 0 Å². The molecule has 0 saturated carbocycles. The number of amides is 2. The Balaban J connectivity index is 2.50. The highest BCUT2D eigenvalue weighted by molar-refractivity contribution is 5.82. The van der Waals surface area contributed by atoms with Crippen molar-refractivity contribution in [1.82, 2.24) is 10.2 Å². The zero-order valence-corrected chi connectivity index (χ0v) is 10.2. The van der Waals surface area contributed by atoms with Gasteiger partial charge in [0.05, 0.1) is 6.10 Å². The van der Waals surface area contributed by atoms with Gasteiger partial charge in [0.2, 0.25) is 0 Å². The SMILES string of the molecule is CC(C)[C@H](NC(=O)N1CCC(O)CC1)C(=O)O. The molecule has 1 aliphatic rings. The standard InChI is InChI=1S/C11H20N2O4/c1-7(2)9(10(15)16)12-11(17)13-5-3-8(14)4-6-13/h7-9,14H,3-6H2,1-2H3,(H,12,17)(H,15,16)/t9-/m0/s1. The second-order valence-electron chi connectivity index (χ2n) is 4.73. The molecule has 1 saturated heterocycles. The van der Waals surface area contributed by atoms with E-state index in [4.69, 9.17) is 5.11 Å². The van der Waals surface area contributed by atoms with E-state index in [1.807, 2.05) is 0 Å². The Morgan fingerprint density at radius 1 is 1.29 bits per heavy atom. The number of hydrogen-bond acceptors (Lipinski definition) is 3. The number of carbonyl (C=O) groups is 2. The highest BCUT2D eigenvalue weighted by Gasteiger charge is 2.27. The summed E-state index contributed by atoms with van der Waals surface area (Å²) in [6.07, 6.45) is 0.749. The number of urea groups is 1. The first-order chi connectivity index (χ1) is 7.91. The normalized spacial score (nSPS) is 19.2. The maximum atomic E-state index is 11.8. The summed E-state index contributed by atoms with van der Waals surface area (Å²) in [7, 11) is 0. The van der Waals surface area contributed by atoms with Crippen LogP contribution in [-0.4, -0.2) is 52.3 Å². The van der Waals surface area contributed by atoms with Gasteiger partial charge >= 0.3 is 12.0 Å². The van der Waals surface area contributed by atoms with Crippen LogP contribution in [0.2, 0.25) is 0 Å². The number of aliphatic hydroxyl groups excluding tert-OH is 1. The van der Waals surface area contributed by atoms with Gasteiger partial charge in [0.1, 0.15) is 6.04 Å². The molecule has 1 aliphatic heterocycles. The fourth-order valence-electron chi connectivity index (χ4n) is 1.81. The third kappa shape index (κ3) is 3.89. The fourth-order valence-corrected chi connectivity index (χ4v) is 1.81. The number of carboxylic acid groups (broad SMARTS) is 1. The fraction of sp³-hybridized carbons (Fsp3) is 0.818. The van der Waals surface area contributed by atoms with Gasteiger partial charge in [-0.2, -0.15) is 0 Å². The smallest absolute Gasteiger partial charge is 0.326 e. The number of carbonyl (C=O) groups excluding carboxylic acids is 1. The summed E-state index contributed by atoms with van der Waals surface area (Å²) in [6, 6.07) is -1.23. The van der Waals surface area contributed by atoms with Crippen LogP contribution in [0.4, 0.5) is 4.79 Å². The Bertz CT molecular complexity index is 285. The molecule has 98 valence electrons. The van der Waals surface area contributed by atoms with Crippen molar-refractivity contribution in [3.63, 3.8) is 0 Å². The Morgan fingerprint density at radius 3 is 2.24 bits per heavy atom. The molecule has 3 N–H and O–H groups in total. The predicted molar refractivity (Wildman–Crippen MR) is 61.6 cm³/mol. The van der Waals surface area contributed by atoms with E-state index in [1.54, 1.807) is 18.7 Å². The maximum absolute atomic E-state index is 11.8. The van der Waals surface area contributed by atoms with Crippen LogP contribution >= 0.6 is 0 Å². The summed E-state index contributed by atoms with van der Waals surface area (Å²) in [5.74, 6) is -1.18. The Kier molecular flexibility index (Phi) is 4.74. The lowest BCUT2D eigenvalue weighted by molar-refractivity contribution is -0.140. The molecule has 1 fully saturated rings. The molecular weight excluding hydrogens is 224 g/mol. The number of hydrogen-bond donors (Lipinski definition) is 3. The van der Waals surface area contributed by atoms with Crippen molar-refractivity contribution in [2.24, 2.45) is 5.92 Å². The molecule has 1 rings (SSSR count). The molecule has 0 spiro atoms. The number of nitrogens with zero attached hydrogens (tertiary/aromatic N) is 1. The highest BCUT2D eigenvalue weighted by atomic mass is 16.4. The second kappa shape index (κ2) is 5.86. The first-order valence-electron chi connectivity index (χ1n) is 5.88. The van der Waals surface area contributed by atoms with Gasteiger partial charge in [0.15, 0.2) is 0 Å². The molecule has 6 nitrogen and oxygen atoms in total. The van der Waals surface area contributed by atoms with Crippen LogP contribution in [0.5, 0.6) is 0 Å². The van der Waals surface area contributed by atoms with E-state index in [1.165, 1.54) is 0 Å². The van der Waals surface area contributed by atoms with Gasteiger partial charge in [-0.1, -0.05) is 13.8 Å². The number of piperidine rings is 1. The predicted octanol–water partition coefficient (Wildman–Crippen LogP) is 0.262. The Labute approximate surface area is 101 Å². The van der Waals surface area contributed by atoms with Gasteiger partial charge < -0.3 is 20.4 Å². The van der Waals surface area contributed by atoms with E-state index in [9.17, 15) is 14.7 Å². The van der Waals surface area contributed by atoms with Gasteiger partial charge in [0.25, 0.3) is 0 Å². The average Bonchev–Trinajstić information content (AvgIpc) is 2.25. The van der Waals surface area contributed by atoms with E-state index in [2.05, 4.69) is 5.32 Å². The molecule has 0 aliphatic carbocycles. The number of rotatable bonds is 3. The average molecular weight is 244 g/mol. The van der Waals surface area contributed by atoms with Gasteiger partial charge in [0, 0.05) is 13.1 Å². The third-order valence-electron chi connectivity index (χ3n) is 2.96. The van der Waals surface area contributed by atoms with Crippen LogP contribution in [-0.2, 0) is 4.79 Å². The molecule has 1 heterocycles. The Morgan fingerprint density at radius 2 is 1.82 bits per heavy atom. The van der Waals surface area contributed by atoms with Crippen LogP contribution < -0.4 is 5.32 Å². The van der Waals surface area contributed by atoms with Gasteiger partial charge in [-0.05, 0) is 18.8 Å². The lowest BCUT2D eigenvalue weighted by atomic mass is 10.0. The highest BCUT2D eigenvalue weighted by Crippen LogP contribution is 2.11. The van der Waals surface area contributed by atoms with Crippen molar-refractivity contribution in [3.8, 4) is 0 Å². The summed E-state index contributed by atoms with van der Waals surface area (Å²) in [6.45, 7) is 4.44. The van der Waals surface area contributed by atoms with Crippen molar-refractivity contribution in [1.29, 1.82) is 0 Å². The minimum atomic E-state index is -1.02. The largest absolute Gasteiger partial charge is 0.480 e. The summed E-state index contributed by atoms with van der Waals surface area (Å²) in [4.78, 5) is 24.3. The lowest BCUT2D eigenvalue weighted by Crippen LogP contribution is -2.52. The monoisotopic (exact) mass is 244 g/mol. The second-order valence-corrected chi connectivity index (χ2v) is 4.73. The zero-order valence-electron chi connectivity index (χ0n) is 10.2. The number of aliphatic carboxylic acids is 1. The number of carboxylic acids is 1. The summed E-state index contributed by atoms with van der Waals surface area (Å²) in [5, 5.41) is 20.8. The topological polar surface area (TPSA) is 89.9 Å². The molecule has 17 heavy (non-hydrogen) atoms. The zero-order chi connectivity index (χ0) is 13.0. The first kappa shape index (κ1) is 13.8. The molecule has 2 amide bonds. The van der Waals surface area contributed by atoms with Gasteiger partial charge in [-0.15, -0.1) is 0 Å². The van der Waals surface area contributed by atoms with Crippen LogP contribution in [0.1, 0.15) is 26.7 Å². The van der Waals surface area contributed by atoms with Crippen molar-refractivity contribution in [2.75, 3.05) is 13.1 Å². The molecular formula is C11H20N2O4. The van der Waals surface area contributed by atoms with E-state index in [0.29, 0.717) is 25.9 Å². The minimum absolute atomic E-state index is 0.160. The molecule has 0 unspecified atom stereocenters. The molecule has 0 aromatic carbocycles. The first-order valence-corrected chi connectivity index (χ1v) is 5.88. The van der Waals surface area contributed by atoms with Gasteiger partial charge in [-0.3, -0.25) is 0 Å². The van der Waals surface area contributed by atoms with Crippen LogP contribution in [0.25, 0.3) is 0 Å². The number of aliphatic hydroxyl groups is 1. The quantitative estimate of drug-likeness (QED) is 0.664. The molecule has 1 atom stereocenters. The van der Waals surface area contributed by atoms with Crippen LogP contribution in [0, 0.1) is 5.92 Å². The Hall–Kier alpha value is -1.30. The summed E-state index contributed by atoms with van der Waals surface area (Å²) < 4.78 is 0. The number of likely N-dealkylation sites (tertiary alicyclic amines) is 1. The van der Waals surface area contributed by atoms with Crippen LogP contribution in [0.15, 0.2) is 0 Å². The van der Waals surface area contributed by atoms with Crippen molar-refractivity contribution in [3.05, 3.63) is 0 Å². The van der Waals surface area contributed by atoms with Crippen LogP contribution in [0.3, 0.4) is 0 Å². The maximum Gasteiger partial charge on any atom is 0.326 e. The molecule has 0 radical (unpaired) electrons. The van der Waals surface area contributed by atoms with Crippen molar-refractivity contribution in [2.45, 2.75) is 38.8 Å². The molecule has 0 aromatic rings. The molecule has 0 bridgehead atoms. The summed E-state index contributed by atoms with van der Waals surface area (Å²) in [5.41, 5.74) is 0. The van der Waals surface area contributed by atoms with Crippen molar-refractivity contribution >= 4 is 12.0 Å². The lowest BCUT2D eigenvalue weighted by Gasteiger charge is -2.31. The van der Waals surface area contributed by atoms with E-state index < -0.39 is 12.0 Å². The summed E-state index contributed by atoms with van der Waals surface area (Å²) >= 11 is 0. The molecule has 0 aromatic heterocycles. The minimum Gasteiger partial charge on any atom is -0.480 e. The molecule has 6 heteroatoms. The van der Waals surface area contributed by atoms with E-state index >= 15 is 0 Å². The van der Waals surface area contributed by atoms with Gasteiger partial charge in [-0.25, -0.2) is 9.59 Å². The van der Waals surface area contributed by atoms with E-state index in [-0.39, 0.29) is 18.1 Å². The van der Waals surface area contributed by atoms with Crippen molar-refractivity contribution < 1.29 is 19.8 Å².